The standard InChI is InChI=1S/C9H12.Ca.2H/c1-7-4-8(2)6-9(3)5-7;;;/h4-6H,1-3H3;;;/q;+2;2*-1. The fraction of sp³-hybridized carbons (Fsp3) is 0.333. The molecule has 52 valence electrons. The van der Waals surface area contributed by atoms with Gasteiger partial charge in [-0.2, -0.15) is 0 Å². The van der Waals surface area contributed by atoms with Crippen LogP contribution in [0.25, 0.3) is 0 Å². The van der Waals surface area contributed by atoms with Gasteiger partial charge in [0.1, 0.15) is 0 Å². The Morgan fingerprint density at radius 3 is 1.20 bits per heavy atom. The quantitative estimate of drug-likeness (QED) is 0.514. The minimum Gasteiger partial charge on any atom is -1.00 e. The Hall–Kier alpha value is 0.480. The first-order valence-corrected chi connectivity index (χ1v) is 3.23. The zero-order valence-electron chi connectivity index (χ0n) is 8.94. The van der Waals surface area contributed by atoms with Crippen molar-refractivity contribution in [1.82, 2.24) is 0 Å². The van der Waals surface area contributed by atoms with Crippen LogP contribution in [-0.2, 0) is 0 Å². The van der Waals surface area contributed by atoms with Crippen molar-refractivity contribution in [1.29, 1.82) is 0 Å². The van der Waals surface area contributed by atoms with Gasteiger partial charge in [0, 0.05) is 0 Å². The predicted molar refractivity (Wildman–Crippen MR) is 48.6 cm³/mol. The molecule has 0 unspecified atom stereocenters. The summed E-state index contributed by atoms with van der Waals surface area (Å²) in [5.74, 6) is 0. The van der Waals surface area contributed by atoms with E-state index in [0.29, 0.717) is 0 Å². The molecular weight excluding hydrogens is 148 g/mol. The van der Waals surface area contributed by atoms with Crippen molar-refractivity contribution >= 4 is 37.7 Å². The van der Waals surface area contributed by atoms with Crippen LogP contribution in [-0.4, -0.2) is 37.7 Å². The van der Waals surface area contributed by atoms with Crippen molar-refractivity contribution in [3.8, 4) is 0 Å². The monoisotopic (exact) mass is 162 g/mol. The average Bonchev–Trinajstić information content (AvgIpc) is 1.59. The van der Waals surface area contributed by atoms with E-state index in [9.17, 15) is 0 Å². The molecule has 0 aromatic heterocycles. The molecule has 0 aliphatic carbocycles. The van der Waals surface area contributed by atoms with Crippen molar-refractivity contribution < 1.29 is 2.85 Å². The van der Waals surface area contributed by atoms with Crippen LogP contribution in [0.1, 0.15) is 19.5 Å². The normalized spacial score (nSPS) is 8.70. The topological polar surface area (TPSA) is 0 Å². The van der Waals surface area contributed by atoms with Gasteiger partial charge in [0.2, 0.25) is 0 Å². The van der Waals surface area contributed by atoms with Gasteiger partial charge in [0.25, 0.3) is 0 Å². The second-order valence-electron chi connectivity index (χ2n) is 2.67. The van der Waals surface area contributed by atoms with Crippen LogP contribution in [0.3, 0.4) is 0 Å². The van der Waals surface area contributed by atoms with E-state index in [1.807, 2.05) is 0 Å². The third-order valence-corrected chi connectivity index (χ3v) is 1.37. The molecule has 1 heteroatoms. The molecule has 0 aliphatic heterocycles. The van der Waals surface area contributed by atoms with Crippen LogP contribution in [0.4, 0.5) is 0 Å². The van der Waals surface area contributed by atoms with Crippen LogP contribution in [0.5, 0.6) is 0 Å². The molecule has 0 nitrogen and oxygen atoms in total. The first-order valence-electron chi connectivity index (χ1n) is 3.23. The van der Waals surface area contributed by atoms with Gasteiger partial charge in [-0.25, -0.2) is 0 Å². The summed E-state index contributed by atoms with van der Waals surface area (Å²) >= 11 is 0. The Kier molecular flexibility index (Phi) is 4.59. The summed E-state index contributed by atoms with van der Waals surface area (Å²) < 4.78 is 0. The molecule has 0 aliphatic rings. The van der Waals surface area contributed by atoms with E-state index in [0.717, 1.165) is 0 Å². The smallest absolute Gasteiger partial charge is 1.00 e. The van der Waals surface area contributed by atoms with Gasteiger partial charge >= 0.3 is 37.7 Å². The maximum Gasteiger partial charge on any atom is 2.00 e. The molecule has 0 fully saturated rings. The minimum atomic E-state index is 0. The Balaban J connectivity index is -0.000000270. The zero-order valence-corrected chi connectivity index (χ0v) is 9.15. The Bertz CT molecular complexity index is 173. The second kappa shape index (κ2) is 4.38. The van der Waals surface area contributed by atoms with Crippen molar-refractivity contribution in [3.63, 3.8) is 0 Å². The summed E-state index contributed by atoms with van der Waals surface area (Å²) in [7, 11) is 0. The Morgan fingerprint density at radius 2 is 1.00 bits per heavy atom. The number of hydrogen-bond donors (Lipinski definition) is 0. The first kappa shape index (κ1) is 10.5. The molecule has 1 aromatic rings. The molecule has 1 aromatic carbocycles. The van der Waals surface area contributed by atoms with Crippen LogP contribution >= 0.6 is 0 Å². The molecular formula is C9H14Ca. The van der Waals surface area contributed by atoms with E-state index in [1.54, 1.807) is 0 Å². The molecule has 1 rings (SSSR count). The first-order chi connectivity index (χ1) is 4.18. The van der Waals surface area contributed by atoms with Crippen LogP contribution in [0.2, 0.25) is 0 Å². The average molecular weight is 162 g/mol. The van der Waals surface area contributed by atoms with Gasteiger partial charge < -0.3 is 2.85 Å². The maximum atomic E-state index is 2.19. The van der Waals surface area contributed by atoms with E-state index in [1.165, 1.54) is 16.7 Å². The van der Waals surface area contributed by atoms with Gasteiger partial charge in [0.15, 0.2) is 0 Å². The van der Waals surface area contributed by atoms with E-state index < -0.39 is 0 Å². The van der Waals surface area contributed by atoms with Crippen molar-refractivity contribution in [3.05, 3.63) is 34.9 Å². The third-order valence-electron chi connectivity index (χ3n) is 1.37. The van der Waals surface area contributed by atoms with E-state index in [2.05, 4.69) is 39.0 Å². The third kappa shape index (κ3) is 3.05. The summed E-state index contributed by atoms with van der Waals surface area (Å²) in [6, 6.07) is 6.56. The fourth-order valence-corrected chi connectivity index (χ4v) is 1.20. The number of benzene rings is 1. The molecule has 0 N–H and O–H groups in total. The molecule has 0 saturated heterocycles. The summed E-state index contributed by atoms with van der Waals surface area (Å²) in [5.41, 5.74) is 4.06. The largest absolute Gasteiger partial charge is 2.00 e. The van der Waals surface area contributed by atoms with Gasteiger partial charge in [-0.05, 0) is 20.8 Å². The molecule has 0 radical (unpaired) electrons. The summed E-state index contributed by atoms with van der Waals surface area (Å²) in [4.78, 5) is 0. The van der Waals surface area contributed by atoms with Crippen molar-refractivity contribution in [2.75, 3.05) is 0 Å². The second-order valence-corrected chi connectivity index (χ2v) is 2.67. The van der Waals surface area contributed by atoms with Crippen molar-refractivity contribution in [2.45, 2.75) is 20.8 Å². The van der Waals surface area contributed by atoms with Gasteiger partial charge in [0.05, 0.1) is 0 Å². The minimum absolute atomic E-state index is 0. The van der Waals surface area contributed by atoms with E-state index in [4.69, 9.17) is 0 Å². The predicted octanol–water partition coefficient (Wildman–Crippen LogP) is 2.46. The fourth-order valence-electron chi connectivity index (χ4n) is 1.20. The van der Waals surface area contributed by atoms with E-state index in [-0.39, 0.29) is 40.6 Å². The number of hydrogen-bond acceptors (Lipinski definition) is 0. The van der Waals surface area contributed by atoms with Crippen molar-refractivity contribution in [2.24, 2.45) is 0 Å². The molecule has 0 spiro atoms. The number of rotatable bonds is 0. The molecule has 10 heavy (non-hydrogen) atoms. The van der Waals surface area contributed by atoms with Gasteiger partial charge in [-0.15, -0.1) is 0 Å². The van der Waals surface area contributed by atoms with Gasteiger partial charge in [-0.1, -0.05) is 34.9 Å². The summed E-state index contributed by atoms with van der Waals surface area (Å²) in [5, 5.41) is 0. The molecule has 0 heterocycles. The molecule has 0 bridgehead atoms. The maximum absolute atomic E-state index is 2.19. The Labute approximate surface area is 95.6 Å². The molecule has 0 saturated carbocycles. The number of aryl methyl sites for hydroxylation is 3. The zero-order chi connectivity index (χ0) is 6.85. The van der Waals surface area contributed by atoms with Crippen LogP contribution < -0.4 is 0 Å². The van der Waals surface area contributed by atoms with E-state index >= 15 is 0 Å². The summed E-state index contributed by atoms with van der Waals surface area (Å²) in [6.07, 6.45) is 0. The van der Waals surface area contributed by atoms with Gasteiger partial charge in [-0.3, -0.25) is 0 Å². The SMILES string of the molecule is Cc1cc(C)cc(C)c1.[Ca+2].[H-].[H-]. The van der Waals surface area contributed by atoms with Crippen LogP contribution in [0.15, 0.2) is 18.2 Å². The van der Waals surface area contributed by atoms with Crippen LogP contribution in [0, 0.1) is 20.8 Å². The Morgan fingerprint density at radius 1 is 0.800 bits per heavy atom. The summed E-state index contributed by atoms with van der Waals surface area (Å²) in [6.45, 7) is 6.38. The molecule has 0 amide bonds. The molecule has 0 atom stereocenters.